The molecule has 0 bridgehead atoms. The van der Waals surface area contributed by atoms with E-state index in [-0.39, 0.29) is 12.4 Å². The summed E-state index contributed by atoms with van der Waals surface area (Å²) >= 11 is 0. The van der Waals surface area contributed by atoms with Crippen molar-refractivity contribution < 1.29 is 19.2 Å². The number of carboxylic acid groups (broad SMARTS) is 1. The van der Waals surface area contributed by atoms with Crippen molar-refractivity contribution in [2.75, 3.05) is 0 Å². The molecule has 0 atom stereocenters. The first-order valence-electron chi connectivity index (χ1n) is 5.79. The summed E-state index contributed by atoms with van der Waals surface area (Å²) in [5.41, 5.74) is -1.70. The maximum absolute atomic E-state index is 11.2. The Morgan fingerprint density at radius 3 is 2.42 bits per heavy atom. The number of hydrogen-bond donors (Lipinski definition) is 2. The normalized spacial score (nSPS) is 12.4. The van der Waals surface area contributed by atoms with Gasteiger partial charge in [0.25, 0.3) is 0 Å². The first-order chi connectivity index (χ1) is 8.58. The van der Waals surface area contributed by atoms with E-state index in [2.05, 4.69) is 5.32 Å². The van der Waals surface area contributed by atoms with Crippen molar-refractivity contribution in [2.24, 2.45) is 5.41 Å². The summed E-state index contributed by atoms with van der Waals surface area (Å²) in [4.78, 5) is 21.1. The number of carbonyl (C=O) groups is 1. The quantitative estimate of drug-likeness (QED) is 0.606. The van der Waals surface area contributed by atoms with Crippen LogP contribution in [0.5, 0.6) is 0 Å². The lowest BCUT2D eigenvalue weighted by molar-refractivity contribution is -0.402. The fourth-order valence-corrected chi connectivity index (χ4v) is 1.36. The van der Waals surface area contributed by atoms with Crippen LogP contribution in [0.3, 0.4) is 0 Å². The predicted molar refractivity (Wildman–Crippen MR) is 67.7 cm³/mol. The van der Waals surface area contributed by atoms with E-state index in [1.54, 1.807) is 27.7 Å². The second kappa shape index (κ2) is 5.00. The van der Waals surface area contributed by atoms with Crippen molar-refractivity contribution in [1.29, 1.82) is 0 Å². The summed E-state index contributed by atoms with van der Waals surface area (Å²) in [6.45, 7) is 6.98. The highest BCUT2D eigenvalue weighted by molar-refractivity contribution is 5.75. The smallest absolute Gasteiger partial charge is 0.433 e. The maximum atomic E-state index is 11.2. The highest BCUT2D eigenvalue weighted by atomic mass is 16.6. The lowest BCUT2D eigenvalue weighted by atomic mass is 9.74. The molecule has 0 spiro atoms. The van der Waals surface area contributed by atoms with Gasteiger partial charge in [-0.25, -0.2) is 0 Å². The third-order valence-corrected chi connectivity index (χ3v) is 3.63. The van der Waals surface area contributed by atoms with Crippen molar-refractivity contribution in [3.63, 3.8) is 0 Å². The maximum Gasteiger partial charge on any atom is 0.433 e. The van der Waals surface area contributed by atoms with Gasteiger partial charge in [-0.3, -0.25) is 14.9 Å². The Morgan fingerprint density at radius 1 is 1.42 bits per heavy atom. The van der Waals surface area contributed by atoms with E-state index < -0.39 is 21.8 Å². The zero-order chi connectivity index (χ0) is 14.8. The number of nitro groups is 1. The minimum absolute atomic E-state index is 0.220. The molecule has 0 aliphatic heterocycles. The van der Waals surface area contributed by atoms with Crippen molar-refractivity contribution in [1.82, 2.24) is 5.32 Å². The SMILES string of the molecule is CC(C)(NCc1ccc([N+](=O)[O-])o1)C(C)(C)C(=O)O. The largest absolute Gasteiger partial charge is 0.481 e. The molecule has 0 unspecified atom stereocenters. The molecule has 0 aliphatic carbocycles. The Kier molecular flexibility index (Phi) is 4.00. The fraction of sp³-hybridized carbons (Fsp3) is 0.583. The first kappa shape index (κ1) is 15.2. The second-order valence-electron chi connectivity index (χ2n) is 5.41. The molecular weight excluding hydrogens is 252 g/mol. The van der Waals surface area contributed by atoms with Gasteiger partial charge in [0.1, 0.15) is 10.7 Å². The lowest BCUT2D eigenvalue weighted by Gasteiger charge is -2.38. The number of furan rings is 1. The van der Waals surface area contributed by atoms with E-state index in [0.717, 1.165) is 0 Å². The molecule has 2 N–H and O–H groups in total. The Hall–Kier alpha value is -1.89. The van der Waals surface area contributed by atoms with Crippen molar-refractivity contribution in [3.05, 3.63) is 28.0 Å². The molecule has 7 heteroatoms. The molecule has 1 rings (SSSR count). The second-order valence-corrected chi connectivity index (χ2v) is 5.41. The molecule has 106 valence electrons. The van der Waals surface area contributed by atoms with E-state index >= 15 is 0 Å². The van der Waals surface area contributed by atoms with Gasteiger partial charge in [-0.1, -0.05) is 0 Å². The molecule has 0 radical (unpaired) electrons. The molecular formula is C12H18N2O5. The van der Waals surface area contributed by atoms with Gasteiger partial charge in [-0.2, -0.15) is 0 Å². The summed E-state index contributed by atoms with van der Waals surface area (Å²) in [5, 5.41) is 22.7. The van der Waals surface area contributed by atoms with Crippen LogP contribution >= 0.6 is 0 Å². The topological polar surface area (TPSA) is 106 Å². The first-order valence-corrected chi connectivity index (χ1v) is 5.79. The van der Waals surface area contributed by atoms with Gasteiger partial charge < -0.3 is 14.8 Å². The van der Waals surface area contributed by atoms with Crippen LogP contribution in [0.1, 0.15) is 33.5 Å². The molecule has 1 aromatic heterocycles. The Bertz CT molecular complexity index is 490. The summed E-state index contributed by atoms with van der Waals surface area (Å²) in [6.07, 6.45) is 0. The summed E-state index contributed by atoms with van der Waals surface area (Å²) < 4.78 is 5.00. The number of carboxylic acids is 1. The van der Waals surface area contributed by atoms with Crippen LogP contribution in [-0.2, 0) is 11.3 Å². The average molecular weight is 270 g/mol. The predicted octanol–water partition coefficient (Wildman–Crippen LogP) is 2.17. The van der Waals surface area contributed by atoms with Crippen LogP contribution < -0.4 is 5.32 Å². The molecule has 1 aromatic rings. The number of rotatable bonds is 6. The van der Waals surface area contributed by atoms with Gasteiger partial charge >= 0.3 is 11.9 Å². The molecule has 7 nitrogen and oxygen atoms in total. The number of hydrogen-bond acceptors (Lipinski definition) is 5. The standard InChI is InChI=1S/C12H18N2O5/c1-11(2,10(15)16)12(3,4)13-7-8-5-6-9(19-8)14(17)18/h5-6,13H,7H2,1-4H3,(H,15,16). The van der Waals surface area contributed by atoms with Crippen molar-refractivity contribution >= 4 is 11.9 Å². The van der Waals surface area contributed by atoms with E-state index in [9.17, 15) is 20.0 Å². The van der Waals surface area contributed by atoms with Crippen molar-refractivity contribution in [3.8, 4) is 0 Å². The zero-order valence-corrected chi connectivity index (χ0v) is 11.4. The average Bonchev–Trinajstić information content (AvgIpc) is 2.74. The third-order valence-electron chi connectivity index (χ3n) is 3.63. The van der Waals surface area contributed by atoms with Crippen molar-refractivity contribution in [2.45, 2.75) is 39.8 Å². The zero-order valence-electron chi connectivity index (χ0n) is 11.4. The number of aliphatic carboxylic acids is 1. The van der Waals surface area contributed by atoms with Crippen LogP contribution in [0.15, 0.2) is 16.5 Å². The van der Waals surface area contributed by atoms with Gasteiger partial charge in [0.2, 0.25) is 0 Å². The molecule has 19 heavy (non-hydrogen) atoms. The lowest BCUT2D eigenvalue weighted by Crippen LogP contribution is -2.54. The summed E-state index contributed by atoms with van der Waals surface area (Å²) in [7, 11) is 0. The van der Waals surface area contributed by atoms with Gasteiger partial charge in [0.05, 0.1) is 18.0 Å². The monoisotopic (exact) mass is 270 g/mol. The minimum Gasteiger partial charge on any atom is -0.481 e. The van der Waals surface area contributed by atoms with E-state index in [4.69, 9.17) is 4.42 Å². The molecule has 0 saturated heterocycles. The third kappa shape index (κ3) is 3.11. The van der Waals surface area contributed by atoms with Gasteiger partial charge in [-0.05, 0) is 33.8 Å². The van der Waals surface area contributed by atoms with E-state index in [1.807, 2.05) is 0 Å². The van der Waals surface area contributed by atoms with Crippen LogP contribution in [0.25, 0.3) is 0 Å². The molecule has 0 aromatic carbocycles. The Morgan fingerprint density at radius 2 is 2.00 bits per heavy atom. The van der Waals surface area contributed by atoms with Crippen LogP contribution in [0.2, 0.25) is 0 Å². The molecule has 0 aliphatic rings. The van der Waals surface area contributed by atoms with E-state index in [1.165, 1.54) is 12.1 Å². The van der Waals surface area contributed by atoms with Crippen LogP contribution in [0.4, 0.5) is 5.88 Å². The number of nitrogens with one attached hydrogen (secondary N) is 1. The minimum atomic E-state index is -0.995. The summed E-state index contributed by atoms with van der Waals surface area (Å²) in [5.74, 6) is -0.858. The van der Waals surface area contributed by atoms with Gasteiger partial charge in [-0.15, -0.1) is 0 Å². The molecule has 0 amide bonds. The molecule has 0 fully saturated rings. The molecule has 1 heterocycles. The number of nitrogens with zero attached hydrogens (tertiary/aromatic N) is 1. The Balaban J connectivity index is 2.74. The van der Waals surface area contributed by atoms with Gasteiger partial charge in [0, 0.05) is 5.54 Å². The van der Waals surface area contributed by atoms with Gasteiger partial charge in [0.15, 0.2) is 0 Å². The fourth-order valence-electron chi connectivity index (χ4n) is 1.36. The molecule has 0 saturated carbocycles. The highest BCUT2D eigenvalue weighted by Gasteiger charge is 2.43. The Labute approximate surface area is 110 Å². The van der Waals surface area contributed by atoms with E-state index in [0.29, 0.717) is 5.76 Å². The summed E-state index contributed by atoms with van der Waals surface area (Å²) in [6, 6.07) is 2.77. The van der Waals surface area contributed by atoms with Crippen LogP contribution in [-0.4, -0.2) is 21.5 Å². The highest BCUT2D eigenvalue weighted by Crippen LogP contribution is 2.31. The van der Waals surface area contributed by atoms with Crippen LogP contribution in [0, 0.1) is 15.5 Å².